The third-order valence-electron chi connectivity index (χ3n) is 4.44. The summed E-state index contributed by atoms with van der Waals surface area (Å²) in [6.07, 6.45) is 0.126. The van der Waals surface area contributed by atoms with E-state index in [2.05, 4.69) is 79.8 Å². The molecule has 0 atom stereocenters. The van der Waals surface area contributed by atoms with Gasteiger partial charge in [0.25, 0.3) is 0 Å². The SMILES string of the molecule is Cc1ccc(OC(C)C)c(SNC(C)(C)c2nnc3cc(C(C)(C)C)[nH]n23)c1. The van der Waals surface area contributed by atoms with Gasteiger partial charge >= 0.3 is 0 Å². The lowest BCUT2D eigenvalue weighted by molar-refractivity contribution is 0.236. The Labute approximate surface area is 171 Å². The number of aromatic nitrogens is 4. The van der Waals surface area contributed by atoms with E-state index in [1.807, 2.05) is 24.4 Å². The highest BCUT2D eigenvalue weighted by Gasteiger charge is 2.29. The summed E-state index contributed by atoms with van der Waals surface area (Å²) in [5.74, 6) is 1.72. The van der Waals surface area contributed by atoms with Crippen LogP contribution in [0.2, 0.25) is 0 Å². The second kappa shape index (κ2) is 7.44. The Morgan fingerprint density at radius 1 is 1.11 bits per heavy atom. The van der Waals surface area contributed by atoms with Gasteiger partial charge in [-0.25, -0.2) is 9.24 Å². The van der Waals surface area contributed by atoms with Crippen LogP contribution in [0, 0.1) is 6.92 Å². The van der Waals surface area contributed by atoms with Gasteiger partial charge in [-0.15, -0.1) is 10.2 Å². The molecule has 0 radical (unpaired) electrons. The van der Waals surface area contributed by atoms with Crippen LogP contribution in [0.1, 0.15) is 65.5 Å². The Morgan fingerprint density at radius 3 is 2.46 bits per heavy atom. The average Bonchev–Trinajstić information content (AvgIpc) is 3.14. The molecule has 2 N–H and O–H groups in total. The number of hydrogen-bond acceptors (Lipinski definition) is 5. The van der Waals surface area contributed by atoms with Crippen molar-refractivity contribution in [2.75, 3.05) is 0 Å². The molecule has 3 aromatic rings. The molecule has 28 heavy (non-hydrogen) atoms. The number of nitrogens with zero attached hydrogens (tertiary/aromatic N) is 3. The maximum atomic E-state index is 5.97. The fourth-order valence-corrected chi connectivity index (χ4v) is 3.76. The number of benzene rings is 1. The van der Waals surface area contributed by atoms with Crippen molar-refractivity contribution in [2.45, 2.75) is 77.3 Å². The maximum Gasteiger partial charge on any atom is 0.177 e. The number of fused-ring (bicyclic) bond motifs is 1. The minimum atomic E-state index is -0.414. The van der Waals surface area contributed by atoms with Crippen LogP contribution >= 0.6 is 11.9 Å². The number of nitrogens with one attached hydrogen (secondary N) is 2. The molecule has 2 aromatic heterocycles. The predicted octanol–water partition coefficient (Wildman–Crippen LogP) is 4.98. The Morgan fingerprint density at radius 2 is 1.82 bits per heavy atom. The van der Waals surface area contributed by atoms with E-state index in [1.165, 1.54) is 5.56 Å². The summed E-state index contributed by atoms with van der Waals surface area (Å²) in [4.78, 5) is 1.06. The Balaban J connectivity index is 1.86. The first-order chi connectivity index (χ1) is 13.0. The number of aryl methyl sites for hydroxylation is 1. The molecule has 0 aliphatic carbocycles. The van der Waals surface area contributed by atoms with Crippen LogP contribution in [0.4, 0.5) is 0 Å². The van der Waals surface area contributed by atoms with Crippen molar-refractivity contribution < 1.29 is 4.74 Å². The standard InChI is InChI=1S/C21H31N5OS/c1-13(2)27-15-10-9-14(3)11-16(15)28-25-21(7,8)19-23-22-18-12-17(20(4,5)6)24-26(18)19/h9-13,24-25H,1-8H3. The number of aromatic amines is 1. The fraction of sp³-hybridized carbons (Fsp3) is 0.524. The molecule has 0 spiro atoms. The van der Waals surface area contributed by atoms with E-state index in [0.29, 0.717) is 0 Å². The van der Waals surface area contributed by atoms with Crippen LogP contribution in [0.25, 0.3) is 5.65 Å². The highest BCUT2D eigenvalue weighted by atomic mass is 32.2. The van der Waals surface area contributed by atoms with Crippen molar-refractivity contribution in [1.29, 1.82) is 0 Å². The summed E-state index contributed by atoms with van der Waals surface area (Å²) in [5.41, 5.74) is 2.77. The zero-order valence-corrected chi connectivity index (χ0v) is 18.9. The first kappa shape index (κ1) is 20.7. The van der Waals surface area contributed by atoms with E-state index in [4.69, 9.17) is 4.74 Å². The molecule has 0 unspecified atom stereocenters. The van der Waals surface area contributed by atoms with Crippen LogP contribution in [0.15, 0.2) is 29.2 Å². The minimum Gasteiger partial charge on any atom is -0.490 e. The molecule has 0 aliphatic rings. The van der Waals surface area contributed by atoms with Gasteiger partial charge in [-0.1, -0.05) is 26.8 Å². The molecule has 0 bridgehead atoms. The monoisotopic (exact) mass is 401 g/mol. The smallest absolute Gasteiger partial charge is 0.177 e. The molecule has 1 aromatic carbocycles. The summed E-state index contributed by atoms with van der Waals surface area (Å²) in [6.45, 7) is 16.9. The van der Waals surface area contributed by atoms with Gasteiger partial charge in [-0.05, 0) is 64.3 Å². The number of H-pyrrole nitrogens is 1. The van der Waals surface area contributed by atoms with E-state index in [-0.39, 0.29) is 11.5 Å². The summed E-state index contributed by atoms with van der Waals surface area (Å²) in [5, 5.41) is 12.2. The first-order valence-electron chi connectivity index (χ1n) is 9.64. The number of ether oxygens (including phenoxy) is 1. The highest BCUT2D eigenvalue weighted by Crippen LogP contribution is 2.33. The molecule has 0 aliphatic heterocycles. The van der Waals surface area contributed by atoms with Gasteiger partial charge in [-0.3, -0.25) is 5.10 Å². The van der Waals surface area contributed by atoms with Crippen LogP contribution in [0.3, 0.4) is 0 Å². The van der Waals surface area contributed by atoms with Gasteiger partial charge in [0.2, 0.25) is 0 Å². The quantitative estimate of drug-likeness (QED) is 0.570. The van der Waals surface area contributed by atoms with Gasteiger partial charge in [0.15, 0.2) is 11.5 Å². The van der Waals surface area contributed by atoms with E-state index in [1.54, 1.807) is 11.9 Å². The maximum absolute atomic E-state index is 5.97. The van der Waals surface area contributed by atoms with Crippen LogP contribution in [-0.2, 0) is 11.0 Å². The lowest BCUT2D eigenvalue weighted by atomic mass is 9.93. The lowest BCUT2D eigenvalue weighted by Gasteiger charge is -2.24. The first-order valence-corrected chi connectivity index (χ1v) is 10.5. The zero-order chi connectivity index (χ0) is 20.7. The normalized spacial score (nSPS) is 12.9. The molecule has 0 saturated carbocycles. The van der Waals surface area contributed by atoms with E-state index >= 15 is 0 Å². The van der Waals surface area contributed by atoms with E-state index in [0.717, 1.165) is 27.8 Å². The van der Waals surface area contributed by atoms with Crippen LogP contribution in [0.5, 0.6) is 5.75 Å². The van der Waals surface area contributed by atoms with Crippen LogP contribution in [-0.4, -0.2) is 25.9 Å². The summed E-state index contributed by atoms with van der Waals surface area (Å²) in [6, 6.07) is 8.30. The van der Waals surface area contributed by atoms with Gasteiger partial charge in [0.05, 0.1) is 16.5 Å². The molecule has 2 heterocycles. The van der Waals surface area contributed by atoms with Crippen LogP contribution < -0.4 is 9.46 Å². The molecule has 7 heteroatoms. The summed E-state index contributed by atoms with van der Waals surface area (Å²) < 4.78 is 11.5. The minimum absolute atomic E-state index is 0.0228. The van der Waals surface area contributed by atoms with Crippen molar-refractivity contribution in [3.05, 3.63) is 41.3 Å². The van der Waals surface area contributed by atoms with E-state index in [9.17, 15) is 0 Å². The fourth-order valence-electron chi connectivity index (χ4n) is 2.85. The van der Waals surface area contributed by atoms with Crippen molar-refractivity contribution in [1.82, 2.24) is 24.5 Å². The average molecular weight is 402 g/mol. The summed E-state index contributed by atoms with van der Waals surface area (Å²) >= 11 is 1.56. The number of rotatable bonds is 6. The van der Waals surface area contributed by atoms with Crippen molar-refractivity contribution >= 4 is 17.6 Å². The Bertz CT molecular complexity index is 965. The van der Waals surface area contributed by atoms with Gasteiger partial charge in [-0.2, -0.15) is 0 Å². The molecule has 0 fully saturated rings. The Hall–Kier alpha value is -1.99. The topological polar surface area (TPSA) is 67.2 Å². The third-order valence-corrected chi connectivity index (χ3v) is 5.59. The molecule has 152 valence electrons. The molecular weight excluding hydrogens is 370 g/mol. The second-order valence-electron chi connectivity index (χ2n) is 9.08. The van der Waals surface area contributed by atoms with Gasteiger partial charge in [0.1, 0.15) is 5.75 Å². The third kappa shape index (κ3) is 4.36. The van der Waals surface area contributed by atoms with E-state index < -0.39 is 5.54 Å². The molecule has 0 saturated heterocycles. The predicted molar refractivity (Wildman–Crippen MR) is 115 cm³/mol. The molecule has 0 amide bonds. The summed E-state index contributed by atoms with van der Waals surface area (Å²) in [7, 11) is 0. The zero-order valence-electron chi connectivity index (χ0n) is 18.0. The van der Waals surface area contributed by atoms with Gasteiger partial charge in [0, 0.05) is 17.2 Å². The van der Waals surface area contributed by atoms with Gasteiger partial charge < -0.3 is 4.74 Å². The lowest BCUT2D eigenvalue weighted by Crippen LogP contribution is -2.34. The number of hydrogen-bond donors (Lipinski definition) is 2. The molecule has 3 rings (SSSR count). The van der Waals surface area contributed by atoms with Crippen molar-refractivity contribution in [3.8, 4) is 5.75 Å². The largest absolute Gasteiger partial charge is 0.490 e. The second-order valence-corrected chi connectivity index (χ2v) is 9.93. The van der Waals surface area contributed by atoms with Crippen molar-refractivity contribution in [3.63, 3.8) is 0 Å². The molecular formula is C21H31N5OS. The Kier molecular flexibility index (Phi) is 5.51. The van der Waals surface area contributed by atoms with Crippen molar-refractivity contribution in [2.24, 2.45) is 0 Å². The molecule has 6 nitrogen and oxygen atoms in total. The highest BCUT2D eigenvalue weighted by molar-refractivity contribution is 7.97.